The summed E-state index contributed by atoms with van der Waals surface area (Å²) in [5, 5.41) is 3.02. The average Bonchev–Trinajstić information content (AvgIpc) is 2.39. The van der Waals surface area contributed by atoms with E-state index in [1.807, 2.05) is 51.2 Å². The number of carbonyl (C=O) groups excluding carboxylic acids is 1. The van der Waals surface area contributed by atoms with Gasteiger partial charge in [0.05, 0.1) is 12.1 Å². The third-order valence-corrected chi connectivity index (χ3v) is 3.13. The molecule has 0 aliphatic rings. The number of rotatable bonds is 8. The molecule has 1 rings (SSSR count). The number of ketones is 1. The van der Waals surface area contributed by atoms with E-state index in [9.17, 15) is 4.79 Å². The van der Waals surface area contributed by atoms with E-state index in [1.165, 1.54) is 5.56 Å². The van der Waals surface area contributed by atoms with Gasteiger partial charge in [0.1, 0.15) is 0 Å². The van der Waals surface area contributed by atoms with Crippen molar-refractivity contribution < 1.29 is 9.53 Å². The Hall–Kier alpha value is -1.19. The summed E-state index contributed by atoms with van der Waals surface area (Å²) in [6.45, 7) is 5.05. The van der Waals surface area contributed by atoms with E-state index in [1.54, 1.807) is 0 Å². The fraction of sp³-hybridized carbons (Fsp3) is 0.533. The molecule has 1 N–H and O–H groups in total. The Morgan fingerprint density at radius 1 is 1.28 bits per heavy atom. The highest BCUT2D eigenvalue weighted by Gasteiger charge is 2.23. The molecule has 0 spiro atoms. The summed E-state index contributed by atoms with van der Waals surface area (Å²) in [4.78, 5) is 11.8. The lowest BCUT2D eigenvalue weighted by atomic mass is 9.96. The Kier molecular flexibility index (Phi) is 6.02. The van der Waals surface area contributed by atoms with Gasteiger partial charge in [-0.15, -0.1) is 0 Å². The number of hydrogen-bond donors (Lipinski definition) is 1. The first-order valence-electron chi connectivity index (χ1n) is 6.40. The van der Waals surface area contributed by atoms with Crippen molar-refractivity contribution in [2.24, 2.45) is 0 Å². The highest BCUT2D eigenvalue weighted by molar-refractivity contribution is 5.87. The topological polar surface area (TPSA) is 38.3 Å². The average molecular weight is 249 g/mol. The first kappa shape index (κ1) is 14.9. The predicted molar refractivity (Wildman–Crippen MR) is 73.5 cm³/mol. The van der Waals surface area contributed by atoms with Crippen LogP contribution in [0.15, 0.2) is 30.3 Å². The zero-order valence-corrected chi connectivity index (χ0v) is 11.5. The lowest BCUT2D eigenvalue weighted by Gasteiger charge is -2.22. The second-order valence-electron chi connectivity index (χ2n) is 4.94. The molecule has 18 heavy (non-hydrogen) atoms. The fourth-order valence-electron chi connectivity index (χ4n) is 1.55. The van der Waals surface area contributed by atoms with Crippen LogP contribution >= 0.6 is 0 Å². The van der Waals surface area contributed by atoms with Gasteiger partial charge in [-0.25, -0.2) is 0 Å². The van der Waals surface area contributed by atoms with E-state index < -0.39 is 5.54 Å². The third-order valence-electron chi connectivity index (χ3n) is 3.13. The number of nitrogens with one attached hydrogen (secondary N) is 1. The standard InChI is InChI=1S/C15H23NO2/c1-15(2,16-3)14(17)10-7-11-18-12-13-8-5-4-6-9-13/h4-6,8-9,16H,7,10-12H2,1-3H3. The molecule has 0 radical (unpaired) electrons. The molecule has 0 fully saturated rings. The van der Waals surface area contributed by atoms with Crippen molar-refractivity contribution in [2.45, 2.75) is 38.8 Å². The highest BCUT2D eigenvalue weighted by atomic mass is 16.5. The van der Waals surface area contributed by atoms with E-state index in [0.29, 0.717) is 19.6 Å². The van der Waals surface area contributed by atoms with Gasteiger partial charge in [-0.3, -0.25) is 4.79 Å². The molecule has 0 aliphatic heterocycles. The van der Waals surface area contributed by atoms with E-state index in [2.05, 4.69) is 5.32 Å². The van der Waals surface area contributed by atoms with Crippen molar-refractivity contribution in [3.8, 4) is 0 Å². The molecule has 0 unspecified atom stereocenters. The van der Waals surface area contributed by atoms with Crippen molar-refractivity contribution in [2.75, 3.05) is 13.7 Å². The molecule has 0 atom stereocenters. The SMILES string of the molecule is CNC(C)(C)C(=O)CCCOCc1ccccc1. The van der Waals surface area contributed by atoms with E-state index in [0.717, 1.165) is 6.42 Å². The van der Waals surface area contributed by atoms with E-state index in [4.69, 9.17) is 4.74 Å². The summed E-state index contributed by atoms with van der Waals surface area (Å²) in [5.41, 5.74) is 0.735. The van der Waals surface area contributed by atoms with Crippen LogP contribution in [0, 0.1) is 0 Å². The number of hydrogen-bond acceptors (Lipinski definition) is 3. The molecule has 3 heteroatoms. The monoisotopic (exact) mass is 249 g/mol. The number of benzene rings is 1. The minimum atomic E-state index is -0.431. The van der Waals surface area contributed by atoms with Gasteiger partial charge in [-0.1, -0.05) is 30.3 Å². The lowest BCUT2D eigenvalue weighted by molar-refractivity contribution is -0.124. The van der Waals surface area contributed by atoms with Gasteiger partial charge in [0, 0.05) is 13.0 Å². The molecule has 0 bridgehead atoms. The van der Waals surface area contributed by atoms with Gasteiger partial charge < -0.3 is 10.1 Å². The van der Waals surface area contributed by atoms with Crippen molar-refractivity contribution in [3.05, 3.63) is 35.9 Å². The smallest absolute Gasteiger partial charge is 0.152 e. The second kappa shape index (κ2) is 7.29. The number of likely N-dealkylation sites (N-methyl/N-ethyl adjacent to an activating group) is 1. The first-order chi connectivity index (χ1) is 8.56. The zero-order chi connectivity index (χ0) is 13.4. The Balaban J connectivity index is 2.14. The summed E-state index contributed by atoms with van der Waals surface area (Å²) in [7, 11) is 1.81. The van der Waals surface area contributed by atoms with Crippen molar-refractivity contribution >= 4 is 5.78 Å². The van der Waals surface area contributed by atoms with Crippen LogP contribution in [-0.4, -0.2) is 25.0 Å². The van der Waals surface area contributed by atoms with Crippen LogP contribution < -0.4 is 5.32 Å². The first-order valence-corrected chi connectivity index (χ1v) is 6.40. The number of carbonyl (C=O) groups is 1. The summed E-state index contributed by atoms with van der Waals surface area (Å²) in [5.74, 6) is 0.230. The van der Waals surface area contributed by atoms with E-state index in [-0.39, 0.29) is 5.78 Å². The molecule has 0 heterocycles. The Labute approximate surface area is 110 Å². The summed E-state index contributed by atoms with van der Waals surface area (Å²) in [6.07, 6.45) is 1.33. The molecular formula is C15H23NO2. The summed E-state index contributed by atoms with van der Waals surface area (Å²) in [6, 6.07) is 10.1. The Morgan fingerprint density at radius 2 is 1.94 bits per heavy atom. The van der Waals surface area contributed by atoms with Crippen LogP contribution in [0.2, 0.25) is 0 Å². The summed E-state index contributed by atoms with van der Waals surface area (Å²) >= 11 is 0. The van der Waals surface area contributed by atoms with Gasteiger partial charge in [0.25, 0.3) is 0 Å². The van der Waals surface area contributed by atoms with Gasteiger partial charge in [-0.05, 0) is 32.9 Å². The van der Waals surface area contributed by atoms with Crippen LogP contribution in [-0.2, 0) is 16.1 Å². The molecular weight excluding hydrogens is 226 g/mol. The quantitative estimate of drug-likeness (QED) is 0.720. The van der Waals surface area contributed by atoms with Crippen LogP contribution in [0.3, 0.4) is 0 Å². The number of Topliss-reactive ketones (excluding diaryl/α,β-unsaturated/α-hetero) is 1. The predicted octanol–water partition coefficient (Wildman–Crippen LogP) is 2.55. The minimum Gasteiger partial charge on any atom is -0.377 e. The second-order valence-corrected chi connectivity index (χ2v) is 4.94. The molecule has 0 saturated carbocycles. The van der Waals surface area contributed by atoms with Gasteiger partial charge in [0.15, 0.2) is 5.78 Å². The Morgan fingerprint density at radius 3 is 2.56 bits per heavy atom. The molecule has 1 aromatic carbocycles. The molecule has 3 nitrogen and oxygen atoms in total. The van der Waals surface area contributed by atoms with Gasteiger partial charge >= 0.3 is 0 Å². The molecule has 0 aliphatic carbocycles. The van der Waals surface area contributed by atoms with Gasteiger partial charge in [-0.2, -0.15) is 0 Å². The lowest BCUT2D eigenvalue weighted by Crippen LogP contribution is -2.44. The number of ether oxygens (including phenoxy) is 1. The zero-order valence-electron chi connectivity index (χ0n) is 11.5. The molecule has 0 aromatic heterocycles. The van der Waals surface area contributed by atoms with Crippen molar-refractivity contribution in [1.29, 1.82) is 0 Å². The van der Waals surface area contributed by atoms with Crippen LogP contribution in [0.4, 0.5) is 0 Å². The summed E-state index contributed by atoms with van der Waals surface area (Å²) < 4.78 is 5.54. The maximum absolute atomic E-state index is 11.8. The van der Waals surface area contributed by atoms with Gasteiger partial charge in [0.2, 0.25) is 0 Å². The molecule has 0 saturated heterocycles. The Bertz CT molecular complexity index is 360. The third kappa shape index (κ3) is 4.98. The largest absolute Gasteiger partial charge is 0.377 e. The van der Waals surface area contributed by atoms with Crippen molar-refractivity contribution in [1.82, 2.24) is 5.32 Å². The van der Waals surface area contributed by atoms with Crippen LogP contribution in [0.1, 0.15) is 32.3 Å². The molecule has 1 aromatic rings. The van der Waals surface area contributed by atoms with Crippen LogP contribution in [0.25, 0.3) is 0 Å². The maximum atomic E-state index is 11.8. The normalized spacial score (nSPS) is 11.5. The van der Waals surface area contributed by atoms with Crippen LogP contribution in [0.5, 0.6) is 0 Å². The molecule has 100 valence electrons. The van der Waals surface area contributed by atoms with Crippen molar-refractivity contribution in [3.63, 3.8) is 0 Å². The molecule has 0 amide bonds. The maximum Gasteiger partial charge on any atom is 0.152 e. The fourth-order valence-corrected chi connectivity index (χ4v) is 1.55. The highest BCUT2D eigenvalue weighted by Crippen LogP contribution is 2.08. The minimum absolute atomic E-state index is 0.230. The van der Waals surface area contributed by atoms with E-state index >= 15 is 0 Å².